The van der Waals surface area contributed by atoms with Gasteiger partial charge in [-0.3, -0.25) is 14.8 Å². The van der Waals surface area contributed by atoms with Gasteiger partial charge in [0.15, 0.2) is 10.8 Å². The second-order valence-electron chi connectivity index (χ2n) is 2.87. The molecule has 0 atom stereocenters. The second kappa shape index (κ2) is 4.08. The normalized spacial score (nSPS) is 9.75. The molecule has 1 N–H and O–H groups in total. The molecule has 16 heavy (non-hydrogen) atoms. The Morgan fingerprint density at radius 2 is 2.50 bits per heavy atom. The topological polar surface area (TPSA) is 96.5 Å². The molecule has 2 rings (SSSR count). The molecule has 0 aliphatic heterocycles. The van der Waals surface area contributed by atoms with Gasteiger partial charge in [0, 0.05) is 7.05 Å². The Kier molecular flexibility index (Phi) is 2.61. The van der Waals surface area contributed by atoms with E-state index < -0.39 is 5.91 Å². The lowest BCUT2D eigenvalue weighted by Crippen LogP contribution is -2.12. The predicted octanol–water partition coefficient (Wildman–Crippen LogP) is 0.396. The smallest absolute Gasteiger partial charge is 0.279 e. The van der Waals surface area contributed by atoms with E-state index >= 15 is 0 Å². The van der Waals surface area contributed by atoms with Gasteiger partial charge in [-0.05, 0) is 0 Å². The van der Waals surface area contributed by atoms with Gasteiger partial charge >= 0.3 is 0 Å². The SMILES string of the molecule is Cn1cc(C(=O)Nc2ncc(C#N)s2)nn1. The fourth-order valence-corrected chi connectivity index (χ4v) is 1.60. The second-order valence-corrected chi connectivity index (χ2v) is 3.90. The molecule has 80 valence electrons. The van der Waals surface area contributed by atoms with Crippen molar-refractivity contribution >= 4 is 22.4 Å². The third-order valence-electron chi connectivity index (χ3n) is 1.67. The number of thiazole rings is 1. The first kappa shape index (κ1) is 10.3. The van der Waals surface area contributed by atoms with Crippen LogP contribution in [0.1, 0.15) is 15.4 Å². The van der Waals surface area contributed by atoms with E-state index in [0.717, 1.165) is 11.3 Å². The molecule has 0 aliphatic carbocycles. The van der Waals surface area contributed by atoms with Gasteiger partial charge in [-0.1, -0.05) is 16.6 Å². The van der Waals surface area contributed by atoms with Gasteiger partial charge in [-0.2, -0.15) is 5.26 Å². The van der Waals surface area contributed by atoms with Crippen LogP contribution in [-0.2, 0) is 7.05 Å². The minimum atomic E-state index is -0.396. The molecule has 2 aromatic heterocycles. The molecule has 0 fully saturated rings. The summed E-state index contributed by atoms with van der Waals surface area (Å²) in [6, 6.07) is 1.94. The van der Waals surface area contributed by atoms with Crippen LogP contribution in [0.3, 0.4) is 0 Å². The summed E-state index contributed by atoms with van der Waals surface area (Å²) in [6.07, 6.45) is 2.89. The third-order valence-corrected chi connectivity index (χ3v) is 2.49. The molecule has 0 unspecified atom stereocenters. The van der Waals surface area contributed by atoms with Crippen molar-refractivity contribution < 1.29 is 4.79 Å². The van der Waals surface area contributed by atoms with Crippen molar-refractivity contribution in [2.45, 2.75) is 0 Å². The Hall–Kier alpha value is -2.27. The third kappa shape index (κ3) is 2.04. The number of nitrogens with zero attached hydrogens (tertiary/aromatic N) is 5. The monoisotopic (exact) mass is 234 g/mol. The van der Waals surface area contributed by atoms with Crippen molar-refractivity contribution in [2.75, 3.05) is 5.32 Å². The zero-order valence-electron chi connectivity index (χ0n) is 8.21. The van der Waals surface area contributed by atoms with Crippen molar-refractivity contribution in [3.63, 3.8) is 0 Å². The molecule has 2 aromatic rings. The van der Waals surface area contributed by atoms with Gasteiger partial charge in [-0.25, -0.2) is 4.98 Å². The van der Waals surface area contributed by atoms with Crippen LogP contribution in [0.25, 0.3) is 0 Å². The van der Waals surface area contributed by atoms with Crippen LogP contribution in [0, 0.1) is 11.3 Å². The Labute approximate surface area is 94.3 Å². The standard InChI is InChI=1S/C8H6N6OS/c1-14-4-6(12-13-14)7(15)11-8-10-3-5(2-9)16-8/h3-4H,1H3,(H,10,11,15). The Morgan fingerprint density at radius 1 is 1.69 bits per heavy atom. The van der Waals surface area contributed by atoms with Crippen molar-refractivity contribution in [3.05, 3.63) is 23.0 Å². The van der Waals surface area contributed by atoms with Crippen LogP contribution in [-0.4, -0.2) is 25.9 Å². The van der Waals surface area contributed by atoms with E-state index in [1.807, 2.05) is 6.07 Å². The number of carbonyl (C=O) groups excluding carboxylic acids is 1. The summed E-state index contributed by atoms with van der Waals surface area (Å²) in [6.45, 7) is 0. The van der Waals surface area contributed by atoms with Crippen LogP contribution in [0.2, 0.25) is 0 Å². The molecule has 0 aromatic carbocycles. The van der Waals surface area contributed by atoms with Gasteiger partial charge in [-0.15, -0.1) is 5.10 Å². The molecule has 0 spiro atoms. The van der Waals surface area contributed by atoms with Crippen molar-refractivity contribution in [1.82, 2.24) is 20.0 Å². The van der Waals surface area contributed by atoms with E-state index in [1.54, 1.807) is 7.05 Å². The molecule has 0 saturated carbocycles. The van der Waals surface area contributed by atoms with Crippen molar-refractivity contribution in [2.24, 2.45) is 7.05 Å². The minimum Gasteiger partial charge on any atom is -0.296 e. The molecule has 0 bridgehead atoms. The maximum atomic E-state index is 11.6. The summed E-state index contributed by atoms with van der Waals surface area (Å²) >= 11 is 1.10. The summed E-state index contributed by atoms with van der Waals surface area (Å²) in [7, 11) is 1.67. The van der Waals surface area contributed by atoms with Crippen molar-refractivity contribution in [3.8, 4) is 6.07 Å². The van der Waals surface area contributed by atoms with Gasteiger partial charge in [0.1, 0.15) is 10.9 Å². The zero-order valence-corrected chi connectivity index (χ0v) is 9.02. The average Bonchev–Trinajstić information content (AvgIpc) is 2.87. The molecular weight excluding hydrogens is 228 g/mol. The zero-order chi connectivity index (χ0) is 11.5. The molecule has 0 saturated heterocycles. The summed E-state index contributed by atoms with van der Waals surface area (Å²) in [5, 5.41) is 18.8. The van der Waals surface area contributed by atoms with Gasteiger partial charge in [0.25, 0.3) is 5.91 Å². The highest BCUT2D eigenvalue weighted by Gasteiger charge is 2.11. The van der Waals surface area contributed by atoms with Crippen LogP contribution in [0.4, 0.5) is 5.13 Å². The highest BCUT2D eigenvalue weighted by atomic mass is 32.1. The highest BCUT2D eigenvalue weighted by Crippen LogP contribution is 2.17. The summed E-state index contributed by atoms with van der Waals surface area (Å²) < 4.78 is 1.43. The van der Waals surface area contributed by atoms with Crippen LogP contribution < -0.4 is 5.32 Å². The van der Waals surface area contributed by atoms with E-state index in [-0.39, 0.29) is 5.69 Å². The number of hydrogen-bond acceptors (Lipinski definition) is 6. The number of aryl methyl sites for hydroxylation is 1. The Morgan fingerprint density at radius 3 is 3.06 bits per heavy atom. The number of nitrogens with one attached hydrogen (secondary N) is 1. The van der Waals surface area contributed by atoms with Crippen LogP contribution >= 0.6 is 11.3 Å². The molecule has 1 amide bonds. The van der Waals surface area contributed by atoms with E-state index in [0.29, 0.717) is 10.0 Å². The maximum absolute atomic E-state index is 11.6. The van der Waals surface area contributed by atoms with Crippen molar-refractivity contribution in [1.29, 1.82) is 5.26 Å². The average molecular weight is 234 g/mol. The van der Waals surface area contributed by atoms with Gasteiger partial charge < -0.3 is 0 Å². The van der Waals surface area contributed by atoms with E-state index in [2.05, 4.69) is 20.6 Å². The summed E-state index contributed by atoms with van der Waals surface area (Å²) in [5.41, 5.74) is 0.205. The van der Waals surface area contributed by atoms with E-state index in [4.69, 9.17) is 5.26 Å². The lowest BCUT2D eigenvalue weighted by atomic mass is 10.4. The minimum absolute atomic E-state index is 0.205. The molecular formula is C8H6N6OS. The first-order valence-electron chi connectivity index (χ1n) is 4.22. The number of rotatable bonds is 2. The summed E-state index contributed by atoms with van der Waals surface area (Å²) in [5.74, 6) is -0.396. The predicted molar refractivity (Wildman–Crippen MR) is 55.8 cm³/mol. The van der Waals surface area contributed by atoms with E-state index in [1.165, 1.54) is 17.1 Å². The van der Waals surface area contributed by atoms with Gasteiger partial charge in [0.2, 0.25) is 0 Å². The Balaban J connectivity index is 2.11. The number of anilines is 1. The first-order chi connectivity index (χ1) is 7.69. The fourth-order valence-electron chi connectivity index (χ4n) is 0.996. The van der Waals surface area contributed by atoms with Crippen LogP contribution in [0.15, 0.2) is 12.4 Å². The Bertz CT molecular complexity index is 565. The lowest BCUT2D eigenvalue weighted by Gasteiger charge is -1.95. The highest BCUT2D eigenvalue weighted by molar-refractivity contribution is 7.16. The maximum Gasteiger partial charge on any atom is 0.279 e. The molecule has 2 heterocycles. The largest absolute Gasteiger partial charge is 0.296 e. The number of hydrogen-bond donors (Lipinski definition) is 1. The van der Waals surface area contributed by atoms with E-state index in [9.17, 15) is 4.79 Å². The lowest BCUT2D eigenvalue weighted by molar-refractivity contribution is 0.102. The molecule has 0 aliphatic rings. The molecule has 7 nitrogen and oxygen atoms in total. The number of nitriles is 1. The first-order valence-corrected chi connectivity index (χ1v) is 5.04. The number of carbonyl (C=O) groups is 1. The number of aromatic nitrogens is 4. The fraction of sp³-hybridized carbons (Fsp3) is 0.125. The molecule has 8 heteroatoms. The van der Waals surface area contributed by atoms with Crippen LogP contribution in [0.5, 0.6) is 0 Å². The number of amides is 1. The quantitative estimate of drug-likeness (QED) is 0.811. The molecule has 0 radical (unpaired) electrons. The summed E-state index contributed by atoms with van der Waals surface area (Å²) in [4.78, 5) is 15.9. The van der Waals surface area contributed by atoms with Gasteiger partial charge in [0.05, 0.1) is 12.4 Å².